The third-order valence-electron chi connectivity index (χ3n) is 7.25. The Kier molecular flexibility index (Phi) is 7.40. The van der Waals surface area contributed by atoms with Crippen molar-refractivity contribution in [2.24, 2.45) is 0 Å². The molecule has 0 aromatic heterocycles. The van der Waals surface area contributed by atoms with Crippen molar-refractivity contribution in [2.75, 3.05) is 69.3 Å². The first-order valence-electron chi connectivity index (χ1n) is 12.6. The fourth-order valence-electron chi connectivity index (χ4n) is 5.17. The zero-order valence-electron chi connectivity index (χ0n) is 20.6. The lowest BCUT2D eigenvalue weighted by Gasteiger charge is -2.37. The van der Waals surface area contributed by atoms with Gasteiger partial charge < -0.3 is 19.6 Å². The molecule has 3 aromatic carbocycles. The summed E-state index contributed by atoms with van der Waals surface area (Å²) < 4.78 is 5.61. The van der Waals surface area contributed by atoms with Gasteiger partial charge in [-0.3, -0.25) is 9.80 Å². The molecule has 3 aromatic rings. The molecule has 6 nitrogen and oxygen atoms in total. The van der Waals surface area contributed by atoms with Gasteiger partial charge >= 0.3 is 0 Å². The summed E-state index contributed by atoms with van der Waals surface area (Å²) in [5.74, 6) is 1.24. The van der Waals surface area contributed by atoms with Crippen molar-refractivity contribution >= 4 is 11.4 Å². The molecule has 0 spiro atoms. The normalized spacial score (nSPS) is 17.5. The Balaban J connectivity index is 1.21. The number of anilines is 2. The number of hydrogen-bond acceptors (Lipinski definition) is 6. The number of benzene rings is 3. The van der Waals surface area contributed by atoms with Gasteiger partial charge in [-0.15, -0.1) is 0 Å². The fraction of sp³-hybridized carbons (Fsp3) is 0.379. The van der Waals surface area contributed by atoms with E-state index < -0.39 is 0 Å². The first-order chi connectivity index (χ1) is 17.2. The van der Waals surface area contributed by atoms with Gasteiger partial charge in [0.1, 0.15) is 11.5 Å². The molecule has 0 atom stereocenters. The smallest absolute Gasteiger partial charge is 0.124 e. The summed E-state index contributed by atoms with van der Waals surface area (Å²) in [7, 11) is 1.71. The van der Waals surface area contributed by atoms with Crippen LogP contribution in [0.2, 0.25) is 0 Å². The largest absolute Gasteiger partial charge is 0.507 e. The van der Waals surface area contributed by atoms with Gasteiger partial charge in [-0.25, -0.2) is 0 Å². The Bertz CT molecular complexity index is 994. The highest BCUT2D eigenvalue weighted by Gasteiger charge is 2.22. The van der Waals surface area contributed by atoms with Crippen molar-refractivity contribution in [3.63, 3.8) is 0 Å². The minimum absolute atomic E-state index is 0.418. The van der Waals surface area contributed by atoms with Crippen molar-refractivity contribution in [3.8, 4) is 11.5 Å². The number of para-hydroxylation sites is 2. The number of nitrogens with zero attached hydrogens (tertiary/aromatic N) is 4. The summed E-state index contributed by atoms with van der Waals surface area (Å²) in [6, 6.07) is 25.2. The van der Waals surface area contributed by atoms with Crippen LogP contribution < -0.4 is 14.5 Å². The van der Waals surface area contributed by atoms with E-state index in [1.165, 1.54) is 11.4 Å². The standard InChI is InChI=1S/C29H36N4O2/c1-35-28-20-24(22-30-12-16-32(17-13-30)26-8-4-2-5-9-26)29(34)25(21-28)23-31-14-18-33(19-15-31)27-10-6-3-7-11-27/h2-11,20-21,34H,12-19,22-23H2,1H3. The van der Waals surface area contributed by atoms with Gasteiger partial charge in [0.05, 0.1) is 7.11 Å². The van der Waals surface area contributed by atoms with Gasteiger partial charge in [-0.05, 0) is 36.4 Å². The Morgan fingerprint density at radius 2 is 1.03 bits per heavy atom. The molecule has 5 rings (SSSR count). The third-order valence-corrected chi connectivity index (χ3v) is 7.25. The number of methoxy groups -OCH3 is 1. The van der Waals surface area contributed by atoms with Crippen molar-refractivity contribution in [1.82, 2.24) is 9.80 Å². The van der Waals surface area contributed by atoms with Crippen LogP contribution in [0.3, 0.4) is 0 Å². The van der Waals surface area contributed by atoms with Crippen LogP contribution >= 0.6 is 0 Å². The average Bonchev–Trinajstić information content (AvgIpc) is 2.92. The SMILES string of the molecule is COc1cc(CN2CCN(c3ccccc3)CC2)c(O)c(CN2CCN(c3ccccc3)CC2)c1. The summed E-state index contributed by atoms with van der Waals surface area (Å²) >= 11 is 0. The molecule has 2 fully saturated rings. The Hall–Kier alpha value is -3.22. The highest BCUT2D eigenvalue weighted by molar-refractivity contribution is 5.49. The third kappa shape index (κ3) is 5.72. The predicted octanol–water partition coefficient (Wildman–Crippen LogP) is 4.05. The number of hydrogen-bond donors (Lipinski definition) is 1. The Morgan fingerprint density at radius 3 is 1.40 bits per heavy atom. The van der Waals surface area contributed by atoms with Crippen molar-refractivity contribution in [1.29, 1.82) is 0 Å². The summed E-state index contributed by atoms with van der Waals surface area (Å²) in [5.41, 5.74) is 4.47. The lowest BCUT2D eigenvalue weighted by molar-refractivity contribution is 0.239. The number of piperazine rings is 2. The van der Waals surface area contributed by atoms with Crippen LogP contribution in [0.25, 0.3) is 0 Å². The second-order valence-corrected chi connectivity index (χ2v) is 9.49. The Morgan fingerprint density at radius 1 is 0.629 bits per heavy atom. The molecular formula is C29H36N4O2. The highest BCUT2D eigenvalue weighted by Crippen LogP contribution is 2.31. The average molecular weight is 473 g/mol. The molecule has 0 bridgehead atoms. The molecule has 0 saturated carbocycles. The van der Waals surface area contributed by atoms with Crippen LogP contribution in [-0.4, -0.2) is 74.4 Å². The fourth-order valence-corrected chi connectivity index (χ4v) is 5.17. The monoisotopic (exact) mass is 472 g/mol. The second kappa shape index (κ2) is 11.0. The molecule has 2 saturated heterocycles. The number of phenols is 1. The molecule has 2 aliphatic rings. The van der Waals surface area contributed by atoms with E-state index in [0.29, 0.717) is 5.75 Å². The molecule has 0 amide bonds. The zero-order chi connectivity index (χ0) is 24.0. The van der Waals surface area contributed by atoms with Gasteiger partial charge in [-0.2, -0.15) is 0 Å². The lowest BCUT2D eigenvalue weighted by Crippen LogP contribution is -2.46. The maximum absolute atomic E-state index is 11.2. The van der Waals surface area contributed by atoms with Gasteiger partial charge in [0.15, 0.2) is 0 Å². The number of aromatic hydroxyl groups is 1. The summed E-state index contributed by atoms with van der Waals surface area (Å²) in [5, 5.41) is 11.2. The number of rotatable bonds is 7. The molecule has 0 radical (unpaired) electrons. The van der Waals surface area contributed by atoms with Crippen LogP contribution in [0.1, 0.15) is 11.1 Å². The van der Waals surface area contributed by atoms with Gasteiger partial charge in [0, 0.05) is 87.9 Å². The summed E-state index contributed by atoms with van der Waals surface area (Å²) in [6.07, 6.45) is 0. The topological polar surface area (TPSA) is 42.4 Å². The summed E-state index contributed by atoms with van der Waals surface area (Å²) in [6.45, 7) is 9.34. The van der Waals surface area contributed by atoms with Gasteiger partial charge in [0.25, 0.3) is 0 Å². The molecule has 1 N–H and O–H groups in total. The molecule has 0 aliphatic carbocycles. The molecule has 0 unspecified atom stereocenters. The molecule has 184 valence electrons. The highest BCUT2D eigenvalue weighted by atomic mass is 16.5. The minimum Gasteiger partial charge on any atom is -0.507 e. The summed E-state index contributed by atoms with van der Waals surface area (Å²) in [4.78, 5) is 9.72. The van der Waals surface area contributed by atoms with Crippen molar-refractivity contribution < 1.29 is 9.84 Å². The van der Waals surface area contributed by atoms with Crippen LogP contribution in [0.5, 0.6) is 11.5 Å². The van der Waals surface area contributed by atoms with E-state index in [9.17, 15) is 5.11 Å². The van der Waals surface area contributed by atoms with E-state index >= 15 is 0 Å². The van der Waals surface area contributed by atoms with Gasteiger partial charge in [-0.1, -0.05) is 36.4 Å². The van der Waals surface area contributed by atoms with E-state index in [0.717, 1.165) is 82.3 Å². The molecule has 6 heteroatoms. The lowest BCUT2D eigenvalue weighted by atomic mass is 10.1. The molecular weight excluding hydrogens is 436 g/mol. The van der Waals surface area contributed by atoms with Gasteiger partial charge in [0.2, 0.25) is 0 Å². The number of phenolic OH excluding ortho intramolecular Hbond substituents is 1. The van der Waals surface area contributed by atoms with E-state index in [1.54, 1.807) is 7.11 Å². The minimum atomic E-state index is 0.418. The van der Waals surface area contributed by atoms with E-state index in [-0.39, 0.29) is 0 Å². The van der Waals surface area contributed by atoms with E-state index in [2.05, 4.69) is 80.3 Å². The number of ether oxygens (including phenoxy) is 1. The van der Waals surface area contributed by atoms with Crippen LogP contribution in [0, 0.1) is 0 Å². The first-order valence-corrected chi connectivity index (χ1v) is 12.6. The quantitative estimate of drug-likeness (QED) is 0.560. The molecule has 35 heavy (non-hydrogen) atoms. The maximum Gasteiger partial charge on any atom is 0.124 e. The molecule has 2 aliphatic heterocycles. The molecule has 2 heterocycles. The van der Waals surface area contributed by atoms with Crippen molar-refractivity contribution in [2.45, 2.75) is 13.1 Å². The van der Waals surface area contributed by atoms with Crippen LogP contribution in [-0.2, 0) is 13.1 Å². The van der Waals surface area contributed by atoms with E-state index in [1.807, 2.05) is 12.1 Å². The maximum atomic E-state index is 11.2. The Labute approximate surface area is 208 Å². The van der Waals surface area contributed by atoms with Crippen LogP contribution in [0.4, 0.5) is 11.4 Å². The zero-order valence-corrected chi connectivity index (χ0v) is 20.6. The predicted molar refractivity (Wildman–Crippen MR) is 143 cm³/mol. The van der Waals surface area contributed by atoms with Crippen LogP contribution in [0.15, 0.2) is 72.8 Å². The van der Waals surface area contributed by atoms with Crippen molar-refractivity contribution in [3.05, 3.63) is 83.9 Å². The van der Waals surface area contributed by atoms with E-state index in [4.69, 9.17) is 4.74 Å². The second-order valence-electron chi connectivity index (χ2n) is 9.49. The first kappa shape index (κ1) is 23.5.